The van der Waals surface area contributed by atoms with E-state index < -0.39 is 0 Å². The van der Waals surface area contributed by atoms with Crippen molar-refractivity contribution in [3.63, 3.8) is 0 Å². The fourth-order valence-electron chi connectivity index (χ4n) is 3.80. The number of ether oxygens (including phenoxy) is 1. The smallest absolute Gasteiger partial charge is 0.342 e. The van der Waals surface area contributed by atoms with E-state index in [4.69, 9.17) is 9.72 Å². The van der Waals surface area contributed by atoms with Gasteiger partial charge in [0.1, 0.15) is 23.0 Å². The molecule has 1 saturated heterocycles. The molecule has 1 aromatic carbocycles. The molecule has 3 aromatic rings. The summed E-state index contributed by atoms with van der Waals surface area (Å²) in [6.45, 7) is 9.13. The van der Waals surface area contributed by atoms with Gasteiger partial charge in [0.2, 0.25) is 0 Å². The lowest BCUT2D eigenvalue weighted by molar-refractivity contribution is 0.0526. The molecule has 0 aliphatic carbocycles. The van der Waals surface area contributed by atoms with E-state index in [0.29, 0.717) is 18.0 Å². The second-order valence-electron chi connectivity index (χ2n) is 7.11. The van der Waals surface area contributed by atoms with Crippen molar-refractivity contribution in [3.8, 4) is 0 Å². The van der Waals surface area contributed by atoms with E-state index in [2.05, 4.69) is 19.8 Å². The fourth-order valence-corrected chi connectivity index (χ4v) is 3.80. The van der Waals surface area contributed by atoms with Gasteiger partial charge in [0.25, 0.3) is 0 Å². The maximum Gasteiger partial charge on any atom is 0.342 e. The molecule has 3 heterocycles. The van der Waals surface area contributed by atoms with Crippen molar-refractivity contribution in [1.82, 2.24) is 15.0 Å². The van der Waals surface area contributed by atoms with Crippen molar-refractivity contribution < 1.29 is 9.53 Å². The summed E-state index contributed by atoms with van der Waals surface area (Å²) in [5.74, 6) is 2.09. The first-order valence-corrected chi connectivity index (χ1v) is 9.94. The topological polar surface area (TPSA) is 71.5 Å². The Kier molecular flexibility index (Phi) is 5.29. The number of carbonyl (C=O) groups excluding carboxylic acids is 1. The molecule has 7 nitrogen and oxygen atoms in total. The summed E-state index contributed by atoms with van der Waals surface area (Å²) in [5.41, 5.74) is 2.37. The monoisotopic (exact) mass is 391 g/mol. The Hall–Kier alpha value is -3.22. The molecular weight excluding hydrogens is 366 g/mol. The number of esters is 1. The molecule has 1 aliphatic heterocycles. The number of fused-ring (bicyclic) bond motifs is 1. The van der Waals surface area contributed by atoms with Crippen LogP contribution in [0.25, 0.3) is 10.9 Å². The van der Waals surface area contributed by atoms with Crippen LogP contribution < -0.4 is 9.80 Å². The molecule has 0 spiro atoms. The molecule has 7 heteroatoms. The Bertz CT molecular complexity index is 1040. The highest BCUT2D eigenvalue weighted by Crippen LogP contribution is 2.30. The van der Waals surface area contributed by atoms with E-state index in [0.717, 1.165) is 54.3 Å². The molecule has 4 rings (SSSR count). The summed E-state index contributed by atoms with van der Waals surface area (Å²) in [5, 5.41) is 0.981. The number of anilines is 2. The van der Waals surface area contributed by atoms with E-state index >= 15 is 0 Å². The van der Waals surface area contributed by atoms with Crippen molar-refractivity contribution >= 4 is 28.5 Å². The molecule has 2 aromatic heterocycles. The molecule has 1 aliphatic rings. The van der Waals surface area contributed by atoms with Gasteiger partial charge in [-0.2, -0.15) is 0 Å². The van der Waals surface area contributed by atoms with Crippen LogP contribution in [-0.4, -0.2) is 53.7 Å². The standard InChI is InChI=1S/C22H25N5O2/c1-4-29-22(28)20-15(2)17-7-5-6-8-18(17)25-21(20)27-13-11-26(12-14-27)19-9-10-23-16(3)24-19/h5-10H,4,11-14H2,1-3H3. The van der Waals surface area contributed by atoms with Gasteiger partial charge in [-0.25, -0.2) is 19.7 Å². The summed E-state index contributed by atoms with van der Waals surface area (Å²) < 4.78 is 5.36. The lowest BCUT2D eigenvalue weighted by atomic mass is 10.0. The Morgan fingerprint density at radius 2 is 1.76 bits per heavy atom. The summed E-state index contributed by atoms with van der Waals surface area (Å²) in [7, 11) is 0. The van der Waals surface area contributed by atoms with Crippen LogP contribution in [0.15, 0.2) is 36.5 Å². The normalized spacial score (nSPS) is 14.3. The Balaban J connectivity index is 1.66. The van der Waals surface area contributed by atoms with Crippen molar-refractivity contribution in [2.24, 2.45) is 0 Å². The first-order chi connectivity index (χ1) is 14.1. The highest BCUT2D eigenvalue weighted by molar-refractivity contribution is 6.02. The minimum absolute atomic E-state index is 0.313. The molecule has 150 valence electrons. The molecule has 0 radical (unpaired) electrons. The maximum atomic E-state index is 12.8. The van der Waals surface area contributed by atoms with Crippen LogP contribution >= 0.6 is 0 Å². The van der Waals surface area contributed by atoms with Gasteiger partial charge < -0.3 is 14.5 Å². The van der Waals surface area contributed by atoms with Crippen LogP contribution in [0.1, 0.15) is 28.7 Å². The van der Waals surface area contributed by atoms with Gasteiger partial charge >= 0.3 is 5.97 Å². The number of hydrogen-bond acceptors (Lipinski definition) is 7. The molecule has 0 saturated carbocycles. The van der Waals surface area contributed by atoms with Gasteiger partial charge in [-0.05, 0) is 38.5 Å². The molecule has 0 atom stereocenters. The maximum absolute atomic E-state index is 12.8. The molecule has 1 fully saturated rings. The second-order valence-corrected chi connectivity index (χ2v) is 7.11. The third-order valence-electron chi connectivity index (χ3n) is 5.28. The van der Waals surface area contributed by atoms with Gasteiger partial charge in [0.15, 0.2) is 0 Å². The lowest BCUT2D eigenvalue weighted by Gasteiger charge is -2.37. The van der Waals surface area contributed by atoms with Crippen LogP contribution in [0, 0.1) is 13.8 Å². The van der Waals surface area contributed by atoms with Crippen LogP contribution in [0.5, 0.6) is 0 Å². The zero-order valence-electron chi connectivity index (χ0n) is 17.1. The van der Waals surface area contributed by atoms with Gasteiger partial charge in [0.05, 0.1) is 12.1 Å². The minimum atomic E-state index is -0.313. The van der Waals surface area contributed by atoms with Crippen molar-refractivity contribution in [2.45, 2.75) is 20.8 Å². The SMILES string of the molecule is CCOC(=O)c1c(N2CCN(c3ccnc(C)n3)CC2)nc2ccccc2c1C. The summed E-state index contributed by atoms with van der Waals surface area (Å²) >= 11 is 0. The number of para-hydroxylation sites is 1. The van der Waals surface area contributed by atoms with Crippen molar-refractivity contribution in [2.75, 3.05) is 42.6 Å². The summed E-state index contributed by atoms with van der Waals surface area (Å²) in [4.78, 5) is 30.8. The van der Waals surface area contributed by atoms with Gasteiger partial charge in [-0.3, -0.25) is 0 Å². The number of carbonyl (C=O) groups is 1. The number of pyridine rings is 1. The van der Waals surface area contributed by atoms with Gasteiger partial charge in [-0.15, -0.1) is 0 Å². The van der Waals surface area contributed by atoms with Gasteiger partial charge in [-0.1, -0.05) is 18.2 Å². The average molecular weight is 391 g/mol. The molecule has 29 heavy (non-hydrogen) atoms. The second kappa shape index (κ2) is 8.03. The zero-order valence-corrected chi connectivity index (χ0v) is 17.1. The Morgan fingerprint density at radius 1 is 1.03 bits per heavy atom. The van der Waals surface area contributed by atoms with E-state index in [1.54, 1.807) is 6.20 Å². The molecule has 0 bridgehead atoms. The van der Waals surface area contributed by atoms with E-state index in [1.165, 1.54) is 0 Å². The first kappa shape index (κ1) is 19.1. The molecule has 0 unspecified atom stereocenters. The number of nitrogens with zero attached hydrogens (tertiary/aromatic N) is 5. The number of rotatable bonds is 4. The minimum Gasteiger partial charge on any atom is -0.462 e. The van der Waals surface area contributed by atoms with Crippen LogP contribution in [0.4, 0.5) is 11.6 Å². The Morgan fingerprint density at radius 3 is 2.48 bits per heavy atom. The number of hydrogen-bond donors (Lipinski definition) is 0. The van der Waals surface area contributed by atoms with Crippen LogP contribution in [0.2, 0.25) is 0 Å². The number of piperazine rings is 1. The van der Waals surface area contributed by atoms with Crippen molar-refractivity contribution in [3.05, 3.63) is 53.5 Å². The van der Waals surface area contributed by atoms with Gasteiger partial charge in [0, 0.05) is 37.8 Å². The Labute approximate surface area is 170 Å². The largest absolute Gasteiger partial charge is 0.462 e. The zero-order chi connectivity index (χ0) is 20.4. The number of aryl methyl sites for hydroxylation is 2. The van der Waals surface area contributed by atoms with Crippen molar-refractivity contribution in [1.29, 1.82) is 0 Å². The number of aromatic nitrogens is 3. The average Bonchev–Trinajstić information content (AvgIpc) is 2.74. The first-order valence-electron chi connectivity index (χ1n) is 9.94. The quantitative estimate of drug-likeness (QED) is 0.633. The predicted molar refractivity (Wildman–Crippen MR) is 114 cm³/mol. The summed E-state index contributed by atoms with van der Waals surface area (Å²) in [6, 6.07) is 9.86. The molecular formula is C22H25N5O2. The van der Waals surface area contributed by atoms with E-state index in [9.17, 15) is 4.79 Å². The van der Waals surface area contributed by atoms with Crippen LogP contribution in [-0.2, 0) is 4.74 Å². The molecule has 0 amide bonds. The fraction of sp³-hybridized carbons (Fsp3) is 0.364. The number of benzene rings is 1. The van der Waals surface area contributed by atoms with E-state index in [1.807, 2.05) is 51.1 Å². The van der Waals surface area contributed by atoms with Crippen LogP contribution in [0.3, 0.4) is 0 Å². The highest BCUT2D eigenvalue weighted by atomic mass is 16.5. The third-order valence-corrected chi connectivity index (χ3v) is 5.28. The summed E-state index contributed by atoms with van der Waals surface area (Å²) in [6.07, 6.45) is 1.79. The molecule has 0 N–H and O–H groups in total. The predicted octanol–water partition coefficient (Wildman–Crippen LogP) is 3.14. The lowest BCUT2D eigenvalue weighted by Crippen LogP contribution is -2.47. The highest BCUT2D eigenvalue weighted by Gasteiger charge is 2.27. The third kappa shape index (κ3) is 3.72. The van der Waals surface area contributed by atoms with E-state index in [-0.39, 0.29) is 5.97 Å².